The van der Waals surface area contributed by atoms with Gasteiger partial charge in [-0.15, -0.1) is 0 Å². The number of halogens is 1. The fraction of sp³-hybridized carbons (Fsp3) is 0.467. The standard InChI is InChI=1S/C15H20INO4/c1-15(2,3)21-14(20)17(4)12(13(18)19)9-10-6-5-7-11(16)8-10/h5-8,12H,9H2,1-4H3,(H,18,19). The van der Waals surface area contributed by atoms with Crippen molar-refractivity contribution < 1.29 is 19.4 Å². The van der Waals surface area contributed by atoms with Gasteiger partial charge in [-0.3, -0.25) is 4.90 Å². The second kappa shape index (κ2) is 7.11. The lowest BCUT2D eigenvalue weighted by atomic mass is 10.1. The zero-order chi connectivity index (χ0) is 16.2. The van der Waals surface area contributed by atoms with Gasteiger partial charge in [0.15, 0.2) is 0 Å². The minimum absolute atomic E-state index is 0.238. The van der Waals surface area contributed by atoms with Crippen LogP contribution in [0.3, 0.4) is 0 Å². The Morgan fingerprint density at radius 2 is 2.00 bits per heavy atom. The fourth-order valence-corrected chi connectivity index (χ4v) is 2.35. The number of carboxylic acid groups (broad SMARTS) is 1. The topological polar surface area (TPSA) is 66.8 Å². The Balaban J connectivity index is 2.86. The molecule has 0 bridgehead atoms. The van der Waals surface area contributed by atoms with E-state index < -0.39 is 23.7 Å². The van der Waals surface area contributed by atoms with Gasteiger partial charge in [0, 0.05) is 17.0 Å². The molecule has 6 heteroatoms. The number of ether oxygens (including phenoxy) is 1. The van der Waals surface area contributed by atoms with Gasteiger partial charge in [0.05, 0.1) is 0 Å². The van der Waals surface area contributed by atoms with Crippen LogP contribution in [0.15, 0.2) is 24.3 Å². The van der Waals surface area contributed by atoms with Crippen LogP contribution in [0.4, 0.5) is 4.79 Å². The number of amides is 1. The second-order valence-corrected chi connectivity index (χ2v) is 7.02. The minimum Gasteiger partial charge on any atom is -0.480 e. The zero-order valence-electron chi connectivity index (χ0n) is 12.6. The van der Waals surface area contributed by atoms with E-state index in [4.69, 9.17) is 4.74 Å². The monoisotopic (exact) mass is 405 g/mol. The molecule has 1 aromatic rings. The summed E-state index contributed by atoms with van der Waals surface area (Å²) in [6.07, 6.45) is -0.400. The number of hydrogen-bond donors (Lipinski definition) is 1. The number of nitrogens with zero attached hydrogens (tertiary/aromatic N) is 1. The molecule has 0 aliphatic carbocycles. The molecule has 1 unspecified atom stereocenters. The molecular weight excluding hydrogens is 385 g/mol. The minimum atomic E-state index is -1.05. The molecule has 0 aromatic heterocycles. The summed E-state index contributed by atoms with van der Waals surface area (Å²) in [5.74, 6) is -1.05. The Labute approximate surface area is 138 Å². The van der Waals surface area contributed by atoms with E-state index in [0.717, 1.165) is 14.0 Å². The van der Waals surface area contributed by atoms with Crippen molar-refractivity contribution in [2.24, 2.45) is 0 Å². The number of hydrogen-bond acceptors (Lipinski definition) is 3. The summed E-state index contributed by atoms with van der Waals surface area (Å²) in [6, 6.07) is 6.58. The summed E-state index contributed by atoms with van der Waals surface area (Å²) in [4.78, 5) is 24.6. The van der Waals surface area contributed by atoms with Crippen molar-refractivity contribution in [3.05, 3.63) is 33.4 Å². The number of carbonyl (C=O) groups excluding carboxylic acids is 1. The molecule has 0 radical (unpaired) electrons. The average molecular weight is 405 g/mol. The number of carboxylic acids is 1. The third-order valence-electron chi connectivity index (χ3n) is 2.75. The summed E-state index contributed by atoms with van der Waals surface area (Å²) in [5, 5.41) is 9.37. The summed E-state index contributed by atoms with van der Waals surface area (Å²) < 4.78 is 6.24. The maximum absolute atomic E-state index is 12.0. The smallest absolute Gasteiger partial charge is 0.410 e. The lowest BCUT2D eigenvalue weighted by Crippen LogP contribution is -2.46. The van der Waals surface area contributed by atoms with Crippen molar-refractivity contribution in [2.75, 3.05) is 7.05 Å². The van der Waals surface area contributed by atoms with Crippen LogP contribution in [0.2, 0.25) is 0 Å². The van der Waals surface area contributed by atoms with Gasteiger partial charge in [0.2, 0.25) is 0 Å². The Hall–Kier alpha value is -1.31. The van der Waals surface area contributed by atoms with E-state index in [0.29, 0.717) is 0 Å². The zero-order valence-corrected chi connectivity index (χ0v) is 14.7. The highest BCUT2D eigenvalue weighted by Gasteiger charge is 2.30. The number of aliphatic carboxylic acids is 1. The number of carbonyl (C=O) groups is 2. The molecule has 0 saturated carbocycles. The lowest BCUT2D eigenvalue weighted by Gasteiger charge is -2.28. The first kappa shape index (κ1) is 17.7. The van der Waals surface area contributed by atoms with Gasteiger partial charge in [-0.25, -0.2) is 9.59 Å². The average Bonchev–Trinajstić information content (AvgIpc) is 2.32. The van der Waals surface area contributed by atoms with Crippen molar-refractivity contribution >= 4 is 34.7 Å². The van der Waals surface area contributed by atoms with E-state index in [1.54, 1.807) is 20.8 Å². The molecule has 0 heterocycles. The van der Waals surface area contributed by atoms with Crippen LogP contribution in [-0.2, 0) is 16.0 Å². The first-order chi connectivity index (χ1) is 9.60. The third-order valence-corrected chi connectivity index (χ3v) is 3.42. The first-order valence-corrected chi connectivity index (χ1v) is 7.61. The number of rotatable bonds is 4. The number of benzene rings is 1. The SMILES string of the molecule is CN(C(=O)OC(C)(C)C)C(Cc1cccc(I)c1)C(=O)O. The quantitative estimate of drug-likeness (QED) is 0.782. The molecular formula is C15H20INO4. The molecule has 5 nitrogen and oxygen atoms in total. The molecule has 1 atom stereocenters. The highest BCUT2D eigenvalue weighted by molar-refractivity contribution is 14.1. The third kappa shape index (κ3) is 5.91. The van der Waals surface area contributed by atoms with E-state index in [1.807, 2.05) is 24.3 Å². The van der Waals surface area contributed by atoms with Crippen LogP contribution in [0.1, 0.15) is 26.3 Å². The predicted molar refractivity (Wildman–Crippen MR) is 88.3 cm³/mol. The Morgan fingerprint density at radius 1 is 1.38 bits per heavy atom. The molecule has 0 aliphatic rings. The molecule has 1 amide bonds. The van der Waals surface area contributed by atoms with Crippen molar-refractivity contribution in [1.29, 1.82) is 0 Å². The van der Waals surface area contributed by atoms with Crippen molar-refractivity contribution in [1.82, 2.24) is 4.90 Å². The van der Waals surface area contributed by atoms with Crippen molar-refractivity contribution in [3.63, 3.8) is 0 Å². The highest BCUT2D eigenvalue weighted by atomic mass is 127. The fourth-order valence-electron chi connectivity index (χ4n) is 1.74. The van der Waals surface area contributed by atoms with Gasteiger partial charge in [-0.2, -0.15) is 0 Å². The van der Waals surface area contributed by atoms with Crippen molar-refractivity contribution in [3.8, 4) is 0 Å². The molecule has 21 heavy (non-hydrogen) atoms. The molecule has 1 N–H and O–H groups in total. The number of likely N-dealkylation sites (N-methyl/N-ethyl adjacent to an activating group) is 1. The van der Waals surface area contributed by atoms with Crippen LogP contribution in [0, 0.1) is 3.57 Å². The summed E-state index contributed by atoms with van der Waals surface area (Å²) >= 11 is 2.17. The predicted octanol–water partition coefficient (Wildman–Crippen LogP) is 3.15. The highest BCUT2D eigenvalue weighted by Crippen LogP contribution is 2.15. The Morgan fingerprint density at radius 3 is 2.48 bits per heavy atom. The van der Waals surface area contributed by atoms with Crippen molar-refractivity contribution in [2.45, 2.75) is 38.8 Å². The van der Waals surface area contributed by atoms with Crippen LogP contribution in [0.5, 0.6) is 0 Å². The summed E-state index contributed by atoms with van der Waals surface area (Å²) in [6.45, 7) is 5.23. The normalized spacial score (nSPS) is 12.6. The van der Waals surface area contributed by atoms with Gasteiger partial charge in [-0.1, -0.05) is 12.1 Å². The maximum Gasteiger partial charge on any atom is 0.410 e. The van der Waals surface area contributed by atoms with E-state index >= 15 is 0 Å². The molecule has 116 valence electrons. The van der Waals surface area contributed by atoms with Crippen LogP contribution in [-0.4, -0.2) is 40.8 Å². The first-order valence-electron chi connectivity index (χ1n) is 6.53. The van der Waals surface area contributed by atoms with Gasteiger partial charge in [-0.05, 0) is 61.1 Å². The van der Waals surface area contributed by atoms with E-state index in [2.05, 4.69) is 22.6 Å². The molecule has 1 rings (SSSR count). The largest absolute Gasteiger partial charge is 0.480 e. The second-order valence-electron chi connectivity index (χ2n) is 5.78. The molecule has 0 saturated heterocycles. The summed E-state index contributed by atoms with van der Waals surface area (Å²) in [7, 11) is 1.45. The van der Waals surface area contributed by atoms with E-state index in [1.165, 1.54) is 7.05 Å². The summed E-state index contributed by atoms with van der Waals surface area (Å²) in [5.41, 5.74) is 0.209. The van der Waals surface area contributed by atoms with E-state index in [-0.39, 0.29) is 6.42 Å². The van der Waals surface area contributed by atoms with Crippen LogP contribution < -0.4 is 0 Å². The van der Waals surface area contributed by atoms with Gasteiger partial charge in [0.1, 0.15) is 11.6 Å². The maximum atomic E-state index is 12.0. The van der Waals surface area contributed by atoms with Gasteiger partial charge < -0.3 is 9.84 Å². The Bertz CT molecular complexity index is 525. The molecule has 0 aliphatic heterocycles. The molecule has 1 aromatic carbocycles. The van der Waals surface area contributed by atoms with E-state index in [9.17, 15) is 14.7 Å². The van der Waals surface area contributed by atoms with Crippen LogP contribution >= 0.6 is 22.6 Å². The lowest BCUT2D eigenvalue weighted by molar-refractivity contribution is -0.142. The van der Waals surface area contributed by atoms with Crippen LogP contribution in [0.25, 0.3) is 0 Å². The molecule has 0 fully saturated rings. The van der Waals surface area contributed by atoms with Gasteiger partial charge in [0.25, 0.3) is 0 Å². The van der Waals surface area contributed by atoms with Gasteiger partial charge >= 0.3 is 12.1 Å². The Kier molecular flexibility index (Phi) is 6.00. The molecule has 0 spiro atoms.